The van der Waals surface area contributed by atoms with Gasteiger partial charge < -0.3 is 10.1 Å². The lowest BCUT2D eigenvalue weighted by Gasteiger charge is -2.23. The number of hydrogen-bond donors (Lipinski definition) is 1. The van der Waals surface area contributed by atoms with Crippen LogP contribution in [0.15, 0.2) is 18.2 Å². The van der Waals surface area contributed by atoms with E-state index in [1.165, 1.54) is 6.07 Å². The minimum atomic E-state index is -0.164. The number of rotatable bonds is 5. The molecule has 1 N–H and O–H groups in total. The molecule has 0 aliphatic rings. The van der Waals surface area contributed by atoms with Crippen LogP contribution in [-0.4, -0.2) is 19.3 Å². The number of methoxy groups -OCH3 is 1. The predicted octanol–water partition coefficient (Wildman–Crippen LogP) is 3.36. The van der Waals surface area contributed by atoms with Gasteiger partial charge in [-0.05, 0) is 51.0 Å². The lowest BCUT2D eigenvalue weighted by molar-refractivity contribution is 0.0185. The smallest absolute Gasteiger partial charge is 0.126 e. The Morgan fingerprint density at radius 2 is 2.06 bits per heavy atom. The minimum absolute atomic E-state index is 0.123. The van der Waals surface area contributed by atoms with E-state index >= 15 is 0 Å². The molecule has 0 unspecified atom stereocenters. The lowest BCUT2D eigenvalue weighted by Crippen LogP contribution is -2.25. The zero-order valence-corrected chi connectivity index (χ0v) is 10.4. The van der Waals surface area contributed by atoms with Crippen molar-refractivity contribution in [3.8, 4) is 0 Å². The van der Waals surface area contributed by atoms with Gasteiger partial charge in [-0.3, -0.25) is 0 Å². The number of hydrogen-bond acceptors (Lipinski definition) is 2. The third-order valence-corrected chi connectivity index (χ3v) is 2.77. The number of nitrogens with one attached hydrogen (secondary N) is 1. The van der Waals surface area contributed by atoms with Crippen LogP contribution in [0.25, 0.3) is 0 Å². The Morgan fingerprint density at radius 1 is 1.38 bits per heavy atom. The highest BCUT2D eigenvalue weighted by Gasteiger charge is 2.15. The molecule has 1 rings (SSSR count). The number of halogens is 1. The largest absolute Gasteiger partial charge is 0.385 e. The summed E-state index contributed by atoms with van der Waals surface area (Å²) in [6, 6.07) is 5.05. The zero-order valence-electron chi connectivity index (χ0n) is 10.4. The van der Waals surface area contributed by atoms with Crippen molar-refractivity contribution in [3.05, 3.63) is 29.6 Å². The molecule has 0 radical (unpaired) electrons. The van der Waals surface area contributed by atoms with Crippen LogP contribution < -0.4 is 5.32 Å². The van der Waals surface area contributed by atoms with E-state index in [4.69, 9.17) is 4.74 Å². The molecule has 0 aliphatic carbocycles. The minimum Gasteiger partial charge on any atom is -0.385 e. The lowest BCUT2D eigenvalue weighted by atomic mass is 10.1. The van der Waals surface area contributed by atoms with Crippen molar-refractivity contribution < 1.29 is 9.13 Å². The second-order valence-corrected chi connectivity index (χ2v) is 4.60. The van der Waals surface area contributed by atoms with Crippen molar-refractivity contribution in [3.63, 3.8) is 0 Å². The van der Waals surface area contributed by atoms with E-state index in [0.717, 1.165) is 18.7 Å². The van der Waals surface area contributed by atoms with Crippen LogP contribution in [0.1, 0.15) is 25.8 Å². The fraction of sp³-hybridized carbons (Fsp3) is 0.538. The van der Waals surface area contributed by atoms with Crippen molar-refractivity contribution >= 4 is 5.69 Å². The average molecular weight is 225 g/mol. The molecule has 0 amide bonds. The summed E-state index contributed by atoms with van der Waals surface area (Å²) < 4.78 is 18.3. The molecule has 0 spiro atoms. The van der Waals surface area contributed by atoms with Crippen molar-refractivity contribution in [2.75, 3.05) is 19.0 Å². The predicted molar refractivity (Wildman–Crippen MR) is 65.3 cm³/mol. The molecule has 0 saturated heterocycles. The summed E-state index contributed by atoms with van der Waals surface area (Å²) in [7, 11) is 1.71. The van der Waals surface area contributed by atoms with Gasteiger partial charge >= 0.3 is 0 Å². The summed E-state index contributed by atoms with van der Waals surface area (Å²) in [6.07, 6.45) is 0.903. The van der Waals surface area contributed by atoms with Gasteiger partial charge in [0.2, 0.25) is 0 Å². The summed E-state index contributed by atoms with van der Waals surface area (Å²) in [5, 5.41) is 3.26. The highest BCUT2D eigenvalue weighted by molar-refractivity contribution is 5.45. The van der Waals surface area contributed by atoms with E-state index in [9.17, 15) is 4.39 Å². The molecule has 0 heterocycles. The molecule has 0 aliphatic heterocycles. The molecule has 1 aromatic rings. The van der Waals surface area contributed by atoms with Gasteiger partial charge in [0.1, 0.15) is 5.82 Å². The Bertz CT molecular complexity index is 350. The van der Waals surface area contributed by atoms with Crippen molar-refractivity contribution in [2.45, 2.75) is 32.8 Å². The van der Waals surface area contributed by atoms with Crippen LogP contribution >= 0.6 is 0 Å². The first-order valence-corrected chi connectivity index (χ1v) is 5.50. The van der Waals surface area contributed by atoms with Crippen LogP contribution in [0.5, 0.6) is 0 Å². The molecular formula is C13H20FNO. The first-order chi connectivity index (χ1) is 7.44. The van der Waals surface area contributed by atoms with Gasteiger partial charge in [-0.25, -0.2) is 4.39 Å². The highest BCUT2D eigenvalue weighted by Crippen LogP contribution is 2.16. The Labute approximate surface area is 96.8 Å². The van der Waals surface area contributed by atoms with Crippen molar-refractivity contribution in [1.29, 1.82) is 0 Å². The van der Waals surface area contributed by atoms with E-state index in [0.29, 0.717) is 5.56 Å². The van der Waals surface area contributed by atoms with Gasteiger partial charge in [-0.15, -0.1) is 0 Å². The topological polar surface area (TPSA) is 21.3 Å². The van der Waals surface area contributed by atoms with Crippen LogP contribution in [0.4, 0.5) is 10.1 Å². The molecule has 0 bridgehead atoms. The molecule has 2 nitrogen and oxygen atoms in total. The van der Waals surface area contributed by atoms with Gasteiger partial charge in [-0.1, -0.05) is 0 Å². The molecule has 0 fully saturated rings. The van der Waals surface area contributed by atoms with Crippen LogP contribution in [0.3, 0.4) is 0 Å². The monoisotopic (exact) mass is 225 g/mol. The maximum atomic E-state index is 13.0. The van der Waals surface area contributed by atoms with Gasteiger partial charge in [0.05, 0.1) is 5.60 Å². The van der Waals surface area contributed by atoms with Gasteiger partial charge in [0, 0.05) is 19.3 Å². The molecule has 90 valence electrons. The van der Waals surface area contributed by atoms with Gasteiger partial charge in [-0.2, -0.15) is 0 Å². The molecular weight excluding hydrogens is 205 g/mol. The zero-order chi connectivity index (χ0) is 12.2. The Hall–Kier alpha value is -1.09. The summed E-state index contributed by atoms with van der Waals surface area (Å²) >= 11 is 0. The summed E-state index contributed by atoms with van der Waals surface area (Å²) in [6.45, 7) is 6.67. The maximum absolute atomic E-state index is 13.0. The standard InChI is InChI=1S/C13H20FNO/c1-10-9-11(5-6-12(10)14)15-8-7-13(2,3)16-4/h5-6,9,15H,7-8H2,1-4H3. The molecule has 0 saturated carbocycles. The quantitative estimate of drug-likeness (QED) is 0.829. The Kier molecular flexibility index (Phi) is 4.30. The summed E-state index contributed by atoms with van der Waals surface area (Å²) in [4.78, 5) is 0. The highest BCUT2D eigenvalue weighted by atomic mass is 19.1. The molecule has 1 aromatic carbocycles. The van der Waals surface area contributed by atoms with E-state index in [1.54, 1.807) is 20.1 Å². The fourth-order valence-corrected chi connectivity index (χ4v) is 1.36. The second-order valence-electron chi connectivity index (χ2n) is 4.60. The van der Waals surface area contributed by atoms with Crippen LogP contribution in [-0.2, 0) is 4.74 Å². The van der Waals surface area contributed by atoms with E-state index in [-0.39, 0.29) is 11.4 Å². The Morgan fingerprint density at radius 3 is 2.62 bits per heavy atom. The molecule has 0 atom stereocenters. The van der Waals surface area contributed by atoms with Gasteiger partial charge in [0.15, 0.2) is 0 Å². The molecule has 3 heteroatoms. The first-order valence-electron chi connectivity index (χ1n) is 5.50. The molecule has 16 heavy (non-hydrogen) atoms. The van der Waals surface area contributed by atoms with Crippen LogP contribution in [0.2, 0.25) is 0 Å². The number of aryl methyl sites for hydroxylation is 1. The normalized spacial score (nSPS) is 11.6. The number of anilines is 1. The fourth-order valence-electron chi connectivity index (χ4n) is 1.36. The average Bonchev–Trinajstić information content (AvgIpc) is 2.23. The summed E-state index contributed by atoms with van der Waals surface area (Å²) in [5.74, 6) is -0.164. The third kappa shape index (κ3) is 3.81. The van der Waals surface area contributed by atoms with E-state index < -0.39 is 0 Å². The molecule has 0 aromatic heterocycles. The number of ether oxygens (including phenoxy) is 1. The van der Waals surface area contributed by atoms with Crippen LogP contribution in [0, 0.1) is 12.7 Å². The Balaban J connectivity index is 2.46. The van der Waals surface area contributed by atoms with Gasteiger partial charge in [0.25, 0.3) is 0 Å². The third-order valence-electron chi connectivity index (χ3n) is 2.77. The summed E-state index contributed by atoms with van der Waals surface area (Å²) in [5.41, 5.74) is 1.49. The first kappa shape index (κ1) is 13.0. The number of benzene rings is 1. The van der Waals surface area contributed by atoms with E-state index in [1.807, 2.05) is 19.9 Å². The van der Waals surface area contributed by atoms with Crippen molar-refractivity contribution in [2.24, 2.45) is 0 Å². The van der Waals surface area contributed by atoms with E-state index in [2.05, 4.69) is 5.32 Å². The maximum Gasteiger partial charge on any atom is 0.126 e. The van der Waals surface area contributed by atoms with Crippen molar-refractivity contribution in [1.82, 2.24) is 0 Å². The SMILES string of the molecule is COC(C)(C)CCNc1ccc(F)c(C)c1. The second kappa shape index (κ2) is 5.30.